The van der Waals surface area contributed by atoms with Crippen molar-refractivity contribution in [1.82, 2.24) is 25.3 Å². The van der Waals surface area contributed by atoms with E-state index in [1.54, 1.807) is 47.9 Å². The lowest BCUT2D eigenvalue weighted by molar-refractivity contribution is -0.141. The van der Waals surface area contributed by atoms with Gasteiger partial charge in [0.05, 0.1) is 16.3 Å². The van der Waals surface area contributed by atoms with E-state index in [4.69, 9.17) is 10.9 Å². The molecule has 4 rings (SSSR count). The molecule has 3 aromatic carbocycles. The lowest BCUT2D eigenvalue weighted by atomic mass is 10.1. The summed E-state index contributed by atoms with van der Waals surface area (Å²) in [6.07, 6.45) is -4.58. The van der Waals surface area contributed by atoms with E-state index in [0.717, 1.165) is 28.4 Å². The Kier molecular flexibility index (Phi) is 10.4. The van der Waals surface area contributed by atoms with Gasteiger partial charge in [-0.25, -0.2) is 23.3 Å². The van der Waals surface area contributed by atoms with Crippen LogP contribution in [0.2, 0.25) is 0 Å². The molecule has 0 radical (unpaired) electrons. The number of rotatable bonds is 11. The van der Waals surface area contributed by atoms with Crippen LogP contribution in [0, 0.1) is 6.92 Å². The van der Waals surface area contributed by atoms with Crippen molar-refractivity contribution in [3.8, 4) is 16.9 Å². The third-order valence-corrected chi connectivity index (χ3v) is 8.04. The number of benzene rings is 3. The molecule has 46 heavy (non-hydrogen) atoms. The maximum atomic E-state index is 13.6. The Balaban J connectivity index is 1.56. The number of aryl methyl sites for hydroxylation is 1. The molecule has 0 unspecified atom stereocenters. The van der Waals surface area contributed by atoms with E-state index < -0.39 is 39.7 Å². The second kappa shape index (κ2) is 14.3. The molecule has 0 spiro atoms. The number of carbonyl (C=O) groups is 2. The number of alkyl halides is 3. The summed E-state index contributed by atoms with van der Waals surface area (Å²) >= 11 is 0. The highest BCUT2D eigenvalue weighted by atomic mass is 32.2. The van der Waals surface area contributed by atoms with Crippen LogP contribution in [0.1, 0.15) is 34.5 Å². The predicted octanol–water partition coefficient (Wildman–Crippen LogP) is 3.54. The average Bonchev–Trinajstić information content (AvgIpc) is 3.49. The molecule has 1 heterocycles. The van der Waals surface area contributed by atoms with Gasteiger partial charge in [0, 0.05) is 17.7 Å². The molecule has 0 aliphatic heterocycles. The zero-order valence-electron chi connectivity index (χ0n) is 24.3. The van der Waals surface area contributed by atoms with E-state index in [1.165, 1.54) is 24.3 Å². The number of amides is 2. The number of aliphatic imine (C=N–C) groups is 1. The Bertz CT molecular complexity index is 1810. The molecule has 0 saturated carbocycles. The summed E-state index contributed by atoms with van der Waals surface area (Å²) in [6, 6.07) is 19.1. The van der Waals surface area contributed by atoms with Gasteiger partial charge in [0.15, 0.2) is 5.69 Å². The van der Waals surface area contributed by atoms with Crippen molar-refractivity contribution in [2.45, 2.75) is 36.9 Å². The first kappa shape index (κ1) is 33.7. The Morgan fingerprint density at radius 2 is 1.67 bits per heavy atom. The van der Waals surface area contributed by atoms with E-state index in [0.29, 0.717) is 5.56 Å². The van der Waals surface area contributed by atoms with Crippen molar-refractivity contribution >= 4 is 27.8 Å². The van der Waals surface area contributed by atoms with E-state index in [9.17, 15) is 31.2 Å². The first-order valence-electron chi connectivity index (χ1n) is 13.8. The van der Waals surface area contributed by atoms with Crippen molar-refractivity contribution in [3.05, 3.63) is 102 Å². The van der Waals surface area contributed by atoms with Gasteiger partial charge in [-0.05, 0) is 62.2 Å². The van der Waals surface area contributed by atoms with Crippen LogP contribution in [0.4, 0.5) is 13.2 Å². The van der Waals surface area contributed by atoms with Gasteiger partial charge < -0.3 is 11.1 Å². The maximum absolute atomic E-state index is 13.6. The number of guanidine groups is 1. The number of nitrogens with zero attached hydrogens (tertiary/aromatic N) is 3. The van der Waals surface area contributed by atoms with Crippen LogP contribution in [-0.2, 0) is 21.0 Å². The van der Waals surface area contributed by atoms with Gasteiger partial charge in [-0.2, -0.15) is 18.3 Å². The van der Waals surface area contributed by atoms with Crippen molar-refractivity contribution in [2.24, 2.45) is 10.7 Å². The number of sulfonamides is 1. The summed E-state index contributed by atoms with van der Waals surface area (Å²) in [5.74, 6) is -1.92. The number of nitrogens with one attached hydrogen (secondary N) is 3. The summed E-state index contributed by atoms with van der Waals surface area (Å²) in [7, 11) is -4.49. The molecule has 0 bridgehead atoms. The largest absolute Gasteiger partial charge is 0.435 e. The molecule has 0 saturated heterocycles. The molecule has 0 fully saturated rings. The van der Waals surface area contributed by atoms with Crippen LogP contribution in [0.25, 0.3) is 16.9 Å². The van der Waals surface area contributed by atoms with Gasteiger partial charge >= 0.3 is 6.18 Å². The minimum Gasteiger partial charge on any atom is -0.368 e. The number of hydroxylamine groups is 1. The quantitative estimate of drug-likeness (QED) is 0.0703. The Morgan fingerprint density at radius 1 is 1.02 bits per heavy atom. The Morgan fingerprint density at radius 3 is 2.28 bits per heavy atom. The molecule has 1 aromatic heterocycles. The second-order valence-corrected chi connectivity index (χ2v) is 11.7. The predicted molar refractivity (Wildman–Crippen MR) is 162 cm³/mol. The molecular formula is C30H30F3N7O5S. The van der Waals surface area contributed by atoms with Crippen molar-refractivity contribution in [1.29, 1.82) is 0 Å². The molecule has 1 atom stereocenters. The molecular weight excluding hydrogens is 627 g/mol. The fourth-order valence-electron chi connectivity index (χ4n) is 4.31. The van der Waals surface area contributed by atoms with Crippen LogP contribution >= 0.6 is 0 Å². The van der Waals surface area contributed by atoms with Crippen LogP contribution < -0.4 is 21.3 Å². The van der Waals surface area contributed by atoms with Crippen molar-refractivity contribution in [3.63, 3.8) is 0 Å². The second-order valence-electron chi connectivity index (χ2n) is 10.1. The maximum Gasteiger partial charge on any atom is 0.435 e. The minimum absolute atomic E-state index is 0.0380. The van der Waals surface area contributed by atoms with Crippen LogP contribution in [0.5, 0.6) is 0 Å². The van der Waals surface area contributed by atoms with Gasteiger partial charge in [-0.3, -0.25) is 19.8 Å². The number of aromatic nitrogens is 2. The molecule has 242 valence electrons. The smallest absolute Gasteiger partial charge is 0.368 e. The molecule has 2 amide bonds. The number of nitrogens with two attached hydrogens (primary N) is 1. The summed E-state index contributed by atoms with van der Waals surface area (Å²) in [4.78, 5) is 29.4. The average molecular weight is 658 g/mol. The summed E-state index contributed by atoms with van der Waals surface area (Å²) < 4.78 is 70.0. The standard InChI is InChI=1S/C30H30F3N7O5S/c1-19-9-11-20(12-10-19)25-18-26(30(31,32)33)37-40(25)22-13-15-23(16-14-22)46(44,45)39-28(42)24(8-5-17-35-29(34)38-43)36-27(41)21-6-3-2-4-7-21/h2-4,6-7,9-16,18,24,43H,5,8,17H2,1H3,(H,36,41)(H,39,42)(H3,34,35,38)/t24-/m0/s1. The molecule has 4 aromatic rings. The fraction of sp³-hybridized carbons (Fsp3) is 0.200. The molecule has 6 N–H and O–H groups in total. The summed E-state index contributed by atoms with van der Waals surface area (Å²) in [5, 5.41) is 15.0. The monoisotopic (exact) mass is 657 g/mol. The van der Waals surface area contributed by atoms with Gasteiger partial charge in [-0.1, -0.05) is 48.0 Å². The third kappa shape index (κ3) is 8.48. The molecule has 0 aliphatic rings. The lowest BCUT2D eigenvalue weighted by Gasteiger charge is -2.18. The summed E-state index contributed by atoms with van der Waals surface area (Å²) in [6.45, 7) is 1.88. The van der Waals surface area contributed by atoms with E-state index >= 15 is 0 Å². The van der Waals surface area contributed by atoms with E-state index in [2.05, 4.69) is 15.4 Å². The van der Waals surface area contributed by atoms with Crippen LogP contribution in [0.3, 0.4) is 0 Å². The van der Waals surface area contributed by atoms with Crippen molar-refractivity contribution in [2.75, 3.05) is 6.54 Å². The first-order valence-corrected chi connectivity index (χ1v) is 15.2. The minimum atomic E-state index is -4.72. The highest BCUT2D eigenvalue weighted by molar-refractivity contribution is 7.90. The molecule has 16 heteroatoms. The highest BCUT2D eigenvalue weighted by Gasteiger charge is 2.35. The molecule has 12 nitrogen and oxygen atoms in total. The topological polar surface area (TPSA) is 181 Å². The van der Waals surface area contributed by atoms with Crippen LogP contribution in [-0.4, -0.2) is 53.8 Å². The number of hydrogen-bond acceptors (Lipinski definition) is 7. The van der Waals surface area contributed by atoms with Gasteiger partial charge in [0.1, 0.15) is 6.04 Å². The first-order chi connectivity index (χ1) is 21.8. The lowest BCUT2D eigenvalue weighted by Crippen LogP contribution is -2.48. The number of hydrogen-bond donors (Lipinski definition) is 5. The molecule has 0 aliphatic carbocycles. The fourth-order valence-corrected chi connectivity index (χ4v) is 5.32. The van der Waals surface area contributed by atoms with Gasteiger partial charge in [0.25, 0.3) is 21.8 Å². The summed E-state index contributed by atoms with van der Waals surface area (Å²) in [5.41, 5.74) is 7.78. The van der Waals surface area contributed by atoms with Crippen LogP contribution in [0.15, 0.2) is 94.8 Å². The van der Waals surface area contributed by atoms with Gasteiger partial charge in [0.2, 0.25) is 5.96 Å². The Hall–Kier alpha value is -5.22. The van der Waals surface area contributed by atoms with Gasteiger partial charge in [-0.15, -0.1) is 0 Å². The SMILES string of the molecule is Cc1ccc(-c2cc(C(F)(F)F)nn2-c2ccc(S(=O)(=O)NC(=O)[C@H](CCCN=C(N)NO)NC(=O)c3ccccc3)cc2)cc1. The third-order valence-electron chi connectivity index (χ3n) is 6.68. The Labute approximate surface area is 262 Å². The zero-order chi connectivity index (χ0) is 33.5. The normalized spacial score (nSPS) is 12.8. The van der Waals surface area contributed by atoms with E-state index in [1.807, 2.05) is 11.6 Å². The number of halogens is 3. The number of carbonyl (C=O) groups excluding carboxylic acids is 2. The highest BCUT2D eigenvalue weighted by Crippen LogP contribution is 2.33. The van der Waals surface area contributed by atoms with E-state index in [-0.39, 0.29) is 47.2 Å². The van der Waals surface area contributed by atoms with Crippen molar-refractivity contribution < 1.29 is 36.4 Å². The zero-order valence-corrected chi connectivity index (χ0v) is 25.1.